The van der Waals surface area contributed by atoms with Crippen LogP contribution in [0, 0.1) is 0 Å². The van der Waals surface area contributed by atoms with Gasteiger partial charge in [0.05, 0.1) is 24.2 Å². The topological polar surface area (TPSA) is 50.6 Å². The van der Waals surface area contributed by atoms with Crippen LogP contribution in [0.15, 0.2) is 24.3 Å². The van der Waals surface area contributed by atoms with E-state index < -0.39 is 0 Å². The molecule has 6 heteroatoms. The second-order valence-electron chi connectivity index (χ2n) is 5.78. The third-order valence-electron chi connectivity index (χ3n) is 4.32. The lowest BCUT2D eigenvalue weighted by atomic mass is 10.3. The van der Waals surface area contributed by atoms with Gasteiger partial charge >= 0.3 is 0 Å². The van der Waals surface area contributed by atoms with Crippen LogP contribution in [-0.4, -0.2) is 65.2 Å². The third-order valence-corrected chi connectivity index (χ3v) is 4.32. The zero-order chi connectivity index (χ0) is 16.1. The largest absolute Gasteiger partial charge is 0.380 e. The molecule has 1 aromatic heterocycles. The minimum Gasteiger partial charge on any atom is -0.380 e. The Morgan fingerprint density at radius 3 is 2.74 bits per heavy atom. The van der Waals surface area contributed by atoms with Crippen molar-refractivity contribution in [3.8, 4) is 0 Å². The molecule has 0 spiro atoms. The van der Waals surface area contributed by atoms with Gasteiger partial charge in [-0.1, -0.05) is 12.1 Å². The Hall–Kier alpha value is -1.92. The summed E-state index contributed by atoms with van der Waals surface area (Å²) in [5.41, 5.74) is 2.19. The number of imidazole rings is 1. The highest BCUT2D eigenvalue weighted by Gasteiger charge is 2.18. The minimum atomic E-state index is 0.697. The molecule has 0 N–H and O–H groups in total. The van der Waals surface area contributed by atoms with E-state index in [4.69, 9.17) is 9.72 Å². The fourth-order valence-corrected chi connectivity index (χ4v) is 3.02. The van der Waals surface area contributed by atoms with Crippen LogP contribution in [0.2, 0.25) is 0 Å². The third kappa shape index (κ3) is 3.71. The number of rotatable bonds is 7. The summed E-state index contributed by atoms with van der Waals surface area (Å²) in [5.74, 6) is 1.07. The second-order valence-corrected chi connectivity index (χ2v) is 5.78. The van der Waals surface area contributed by atoms with Crippen LogP contribution in [0.4, 0.5) is 0 Å². The van der Waals surface area contributed by atoms with Crippen molar-refractivity contribution in [1.29, 1.82) is 0 Å². The summed E-state index contributed by atoms with van der Waals surface area (Å²) in [6.07, 6.45) is 0.939. The van der Waals surface area contributed by atoms with Gasteiger partial charge in [-0.15, -0.1) is 0 Å². The Kier molecular flexibility index (Phi) is 5.25. The van der Waals surface area contributed by atoms with Gasteiger partial charge in [-0.2, -0.15) is 0 Å². The van der Waals surface area contributed by atoms with E-state index >= 15 is 0 Å². The molecule has 23 heavy (non-hydrogen) atoms. The van der Waals surface area contributed by atoms with Crippen molar-refractivity contribution in [2.75, 3.05) is 39.4 Å². The lowest BCUT2D eigenvalue weighted by Gasteiger charge is -2.32. The molecule has 1 aromatic carbocycles. The van der Waals surface area contributed by atoms with Crippen molar-refractivity contribution >= 4 is 17.4 Å². The summed E-state index contributed by atoms with van der Waals surface area (Å²) in [6, 6.07) is 8.24. The smallest absolute Gasteiger partial charge is 0.209 e. The zero-order valence-corrected chi connectivity index (χ0v) is 13.6. The Bertz CT molecular complexity index is 647. The minimum absolute atomic E-state index is 0.697. The molecular weight excluding hydrogens is 292 g/mol. The highest BCUT2D eigenvalue weighted by Crippen LogP contribution is 2.18. The summed E-state index contributed by atoms with van der Waals surface area (Å²) in [5, 5.41) is 0. The molecule has 1 aliphatic rings. The molecule has 0 radical (unpaired) electrons. The van der Waals surface area contributed by atoms with Gasteiger partial charge in [-0.25, -0.2) is 4.98 Å². The van der Waals surface area contributed by atoms with E-state index in [9.17, 15) is 4.79 Å². The fourth-order valence-electron chi connectivity index (χ4n) is 3.02. The van der Waals surface area contributed by atoms with Crippen LogP contribution >= 0.6 is 0 Å². The van der Waals surface area contributed by atoms with Crippen molar-refractivity contribution in [3.05, 3.63) is 30.1 Å². The number of para-hydroxylation sites is 2. The van der Waals surface area contributed by atoms with Gasteiger partial charge in [0.15, 0.2) is 0 Å². The van der Waals surface area contributed by atoms with Gasteiger partial charge in [0.2, 0.25) is 6.41 Å². The molecule has 2 aromatic rings. The molecule has 0 unspecified atom stereocenters. The molecular formula is C17H24N4O2. The summed E-state index contributed by atoms with van der Waals surface area (Å²) >= 11 is 0. The van der Waals surface area contributed by atoms with Crippen LogP contribution in [0.25, 0.3) is 11.0 Å². The lowest BCUT2D eigenvalue weighted by Crippen LogP contribution is -2.45. The summed E-state index contributed by atoms with van der Waals surface area (Å²) in [7, 11) is 0. The Balaban J connectivity index is 1.76. The van der Waals surface area contributed by atoms with Crippen LogP contribution in [0.5, 0.6) is 0 Å². The van der Waals surface area contributed by atoms with Gasteiger partial charge in [0, 0.05) is 39.3 Å². The van der Waals surface area contributed by atoms with Crippen LogP contribution < -0.4 is 0 Å². The van der Waals surface area contributed by atoms with Crippen LogP contribution in [0.3, 0.4) is 0 Å². The van der Waals surface area contributed by atoms with Gasteiger partial charge in [-0.3, -0.25) is 9.69 Å². The average molecular weight is 316 g/mol. The number of carbonyl (C=O) groups excluding carboxylic acids is 1. The molecule has 3 rings (SSSR count). The number of carbonyl (C=O) groups is 1. The van der Waals surface area contributed by atoms with E-state index in [1.54, 1.807) is 0 Å². The van der Waals surface area contributed by atoms with Gasteiger partial charge < -0.3 is 14.2 Å². The molecule has 0 aliphatic carbocycles. The molecule has 1 amide bonds. The second kappa shape index (κ2) is 7.57. The maximum absolute atomic E-state index is 10.8. The summed E-state index contributed by atoms with van der Waals surface area (Å²) in [6.45, 7) is 8.45. The quantitative estimate of drug-likeness (QED) is 0.571. The van der Waals surface area contributed by atoms with E-state index in [1.807, 2.05) is 24.0 Å². The SMILES string of the molecule is CCOCCn1c(CN2CCN(C=O)CC2)nc2ccccc21. The Morgan fingerprint density at radius 1 is 1.22 bits per heavy atom. The predicted octanol–water partition coefficient (Wildman–Crippen LogP) is 1.35. The maximum atomic E-state index is 10.8. The number of piperazine rings is 1. The highest BCUT2D eigenvalue weighted by atomic mass is 16.5. The van der Waals surface area contributed by atoms with Crippen LogP contribution in [-0.2, 0) is 22.6 Å². The number of amides is 1. The van der Waals surface area contributed by atoms with Crippen molar-refractivity contribution in [3.63, 3.8) is 0 Å². The Labute approximate surface area is 136 Å². The van der Waals surface area contributed by atoms with E-state index in [-0.39, 0.29) is 0 Å². The summed E-state index contributed by atoms with van der Waals surface area (Å²) in [4.78, 5) is 19.8. The first-order chi connectivity index (χ1) is 11.3. The highest BCUT2D eigenvalue weighted by molar-refractivity contribution is 5.75. The molecule has 0 bridgehead atoms. The first-order valence-electron chi connectivity index (χ1n) is 8.25. The van der Waals surface area contributed by atoms with Crippen molar-refractivity contribution in [1.82, 2.24) is 19.4 Å². The summed E-state index contributed by atoms with van der Waals surface area (Å²) < 4.78 is 7.78. The first kappa shape index (κ1) is 16.0. The maximum Gasteiger partial charge on any atom is 0.209 e. The lowest BCUT2D eigenvalue weighted by molar-refractivity contribution is -0.119. The number of hydrogen-bond donors (Lipinski definition) is 0. The van der Waals surface area contributed by atoms with Crippen molar-refractivity contribution < 1.29 is 9.53 Å². The predicted molar refractivity (Wildman–Crippen MR) is 89.1 cm³/mol. The van der Waals surface area contributed by atoms with Crippen LogP contribution in [0.1, 0.15) is 12.7 Å². The number of benzene rings is 1. The molecule has 1 aliphatic heterocycles. The van der Waals surface area contributed by atoms with Crippen molar-refractivity contribution in [2.45, 2.75) is 20.0 Å². The molecule has 0 atom stereocenters. The normalized spacial score (nSPS) is 16.1. The zero-order valence-electron chi connectivity index (χ0n) is 13.6. The number of hydrogen-bond acceptors (Lipinski definition) is 4. The average Bonchev–Trinajstić information content (AvgIpc) is 2.93. The number of aromatic nitrogens is 2. The van der Waals surface area contributed by atoms with Gasteiger partial charge in [0.1, 0.15) is 5.82 Å². The van der Waals surface area contributed by atoms with Gasteiger partial charge in [-0.05, 0) is 19.1 Å². The monoisotopic (exact) mass is 316 g/mol. The van der Waals surface area contributed by atoms with Gasteiger partial charge in [0.25, 0.3) is 0 Å². The van der Waals surface area contributed by atoms with E-state index in [0.717, 1.165) is 69.1 Å². The Morgan fingerprint density at radius 2 is 2.00 bits per heavy atom. The van der Waals surface area contributed by atoms with E-state index in [1.165, 1.54) is 0 Å². The molecule has 2 heterocycles. The molecule has 1 fully saturated rings. The fraction of sp³-hybridized carbons (Fsp3) is 0.529. The van der Waals surface area contributed by atoms with E-state index in [2.05, 4.69) is 21.6 Å². The molecule has 6 nitrogen and oxygen atoms in total. The van der Waals surface area contributed by atoms with Crippen molar-refractivity contribution in [2.24, 2.45) is 0 Å². The first-order valence-corrected chi connectivity index (χ1v) is 8.25. The molecule has 0 saturated carbocycles. The molecule has 1 saturated heterocycles. The van der Waals surface area contributed by atoms with E-state index in [0.29, 0.717) is 6.61 Å². The number of ether oxygens (including phenoxy) is 1. The number of nitrogens with zero attached hydrogens (tertiary/aromatic N) is 4. The number of fused-ring (bicyclic) bond motifs is 1. The molecule has 124 valence electrons. The standard InChI is InChI=1S/C17H24N4O2/c1-2-23-12-11-21-16-6-4-3-5-15(16)18-17(21)13-19-7-9-20(14-22)10-8-19/h3-6,14H,2,7-13H2,1H3.